The lowest BCUT2D eigenvalue weighted by molar-refractivity contribution is -0.161. The highest BCUT2D eigenvalue weighted by molar-refractivity contribution is 6.06. The molecule has 156 valence electrons. The van der Waals surface area contributed by atoms with Gasteiger partial charge in [-0.25, -0.2) is 9.78 Å². The molecular weight excluding hydrogens is 388 g/mol. The summed E-state index contributed by atoms with van der Waals surface area (Å²) in [6.07, 6.45) is 2.70. The van der Waals surface area contributed by atoms with Crippen molar-refractivity contribution in [3.8, 4) is 0 Å². The van der Waals surface area contributed by atoms with Gasteiger partial charge in [0, 0.05) is 19.8 Å². The number of benzene rings is 1. The quantitative estimate of drug-likeness (QED) is 0.604. The number of hydrogen-bond acceptors (Lipinski definition) is 5. The van der Waals surface area contributed by atoms with Crippen molar-refractivity contribution in [1.82, 2.24) is 19.8 Å². The van der Waals surface area contributed by atoms with E-state index in [1.807, 2.05) is 12.1 Å². The van der Waals surface area contributed by atoms with Gasteiger partial charge in [-0.2, -0.15) is 0 Å². The van der Waals surface area contributed by atoms with E-state index in [1.54, 1.807) is 43.2 Å². The number of aliphatic carboxylic acids is 1. The molecule has 0 spiro atoms. The van der Waals surface area contributed by atoms with Gasteiger partial charge >= 0.3 is 5.97 Å². The summed E-state index contributed by atoms with van der Waals surface area (Å²) in [5.41, 5.74) is 2.32. The van der Waals surface area contributed by atoms with E-state index in [-0.39, 0.29) is 30.1 Å². The van der Waals surface area contributed by atoms with Crippen molar-refractivity contribution in [3.05, 3.63) is 59.3 Å². The number of aryl methyl sites for hydroxylation is 1. The molecule has 4 rings (SSSR count). The summed E-state index contributed by atoms with van der Waals surface area (Å²) in [4.78, 5) is 41.7. The number of aliphatic hydroxyl groups excluding tert-OH is 1. The van der Waals surface area contributed by atoms with Gasteiger partial charge in [0.1, 0.15) is 11.4 Å². The van der Waals surface area contributed by atoms with Gasteiger partial charge in [0.2, 0.25) is 5.91 Å². The fourth-order valence-electron chi connectivity index (χ4n) is 4.20. The maximum absolute atomic E-state index is 12.4. The first kappa shape index (κ1) is 19.8. The highest BCUT2D eigenvalue weighted by Crippen LogP contribution is 2.46. The van der Waals surface area contributed by atoms with Crippen LogP contribution < -0.4 is 5.32 Å². The lowest BCUT2D eigenvalue weighted by atomic mass is 9.82. The number of fused-ring (bicyclic) bond motifs is 1. The van der Waals surface area contributed by atoms with Crippen molar-refractivity contribution < 1.29 is 24.6 Å². The molecule has 1 fully saturated rings. The third kappa shape index (κ3) is 3.26. The molecule has 0 bridgehead atoms. The fraction of sp³-hybridized carbons (Fsp3) is 0.333. The average Bonchev–Trinajstić information content (AvgIpc) is 3.27. The molecule has 30 heavy (non-hydrogen) atoms. The zero-order valence-corrected chi connectivity index (χ0v) is 16.6. The Labute approximate surface area is 172 Å². The van der Waals surface area contributed by atoms with Gasteiger partial charge in [0.05, 0.1) is 24.4 Å². The van der Waals surface area contributed by atoms with Crippen LogP contribution in [0.2, 0.25) is 0 Å². The molecule has 0 aliphatic carbocycles. The first-order chi connectivity index (χ1) is 14.3. The van der Waals surface area contributed by atoms with Crippen LogP contribution in [0.15, 0.2) is 42.5 Å². The van der Waals surface area contributed by atoms with Gasteiger partial charge in [-0.15, -0.1) is 0 Å². The van der Waals surface area contributed by atoms with E-state index in [9.17, 15) is 24.6 Å². The van der Waals surface area contributed by atoms with Gasteiger partial charge in [-0.1, -0.05) is 18.2 Å². The number of imidazole rings is 1. The van der Waals surface area contributed by atoms with Crippen molar-refractivity contribution >= 4 is 23.4 Å². The summed E-state index contributed by atoms with van der Waals surface area (Å²) in [5.74, 6) is -2.42. The molecule has 2 aliphatic rings. The number of β-lactam (4-membered cyclic amide) rings is 1. The largest absolute Gasteiger partial charge is 0.477 e. The fourth-order valence-corrected chi connectivity index (χ4v) is 4.20. The van der Waals surface area contributed by atoms with Crippen LogP contribution in [0.1, 0.15) is 35.0 Å². The molecule has 3 heterocycles. The molecule has 1 saturated heterocycles. The van der Waals surface area contributed by atoms with Crippen LogP contribution in [0, 0.1) is 5.92 Å². The minimum atomic E-state index is -1.17. The highest BCUT2D eigenvalue weighted by atomic mass is 16.4. The first-order valence-electron chi connectivity index (χ1n) is 9.61. The maximum Gasteiger partial charge on any atom is 0.352 e. The summed E-state index contributed by atoms with van der Waals surface area (Å²) in [6.45, 7) is 1.80. The molecule has 1 aromatic heterocycles. The molecule has 9 heteroatoms. The van der Waals surface area contributed by atoms with Crippen LogP contribution in [-0.4, -0.2) is 54.6 Å². The van der Waals surface area contributed by atoms with Crippen LogP contribution >= 0.6 is 0 Å². The number of hydrogen-bond donors (Lipinski definition) is 3. The molecule has 9 nitrogen and oxygen atoms in total. The van der Waals surface area contributed by atoms with Crippen molar-refractivity contribution in [1.29, 1.82) is 0 Å². The number of rotatable bonds is 6. The molecule has 3 atom stereocenters. The van der Waals surface area contributed by atoms with Crippen LogP contribution in [-0.2, 0) is 23.2 Å². The Morgan fingerprint density at radius 2 is 2.13 bits per heavy atom. The third-order valence-corrected chi connectivity index (χ3v) is 5.60. The van der Waals surface area contributed by atoms with E-state index in [2.05, 4.69) is 10.3 Å². The number of carboxylic acid groups (broad SMARTS) is 1. The van der Waals surface area contributed by atoms with E-state index in [0.29, 0.717) is 23.3 Å². The Bertz CT molecular complexity index is 1070. The predicted molar refractivity (Wildman–Crippen MR) is 106 cm³/mol. The van der Waals surface area contributed by atoms with Crippen molar-refractivity contribution in [2.45, 2.75) is 32.0 Å². The Kier molecular flexibility index (Phi) is 4.90. The van der Waals surface area contributed by atoms with Gasteiger partial charge < -0.3 is 25.0 Å². The van der Waals surface area contributed by atoms with Crippen molar-refractivity contribution in [3.63, 3.8) is 0 Å². The molecule has 0 saturated carbocycles. The van der Waals surface area contributed by atoms with Gasteiger partial charge in [0.25, 0.3) is 5.91 Å². The second-order valence-corrected chi connectivity index (χ2v) is 7.69. The Hall–Kier alpha value is -3.46. The highest BCUT2D eigenvalue weighted by Gasteiger charge is 2.56. The topological polar surface area (TPSA) is 125 Å². The van der Waals surface area contributed by atoms with Crippen molar-refractivity contribution in [2.75, 3.05) is 0 Å². The van der Waals surface area contributed by atoms with E-state index in [1.165, 1.54) is 4.90 Å². The minimum absolute atomic E-state index is 0.0310. The SMILES string of the molecule is C[C@@H](O)[C@H]1C(=O)N2C(C(=O)O)=C(c3cccc(CNC(=O)c4cn(C)cn4)c3)C[C@H]12. The smallest absolute Gasteiger partial charge is 0.352 e. The lowest BCUT2D eigenvalue weighted by Crippen LogP contribution is -2.61. The van der Waals surface area contributed by atoms with E-state index < -0.39 is 18.0 Å². The van der Waals surface area contributed by atoms with Crippen LogP contribution in [0.3, 0.4) is 0 Å². The minimum Gasteiger partial charge on any atom is -0.477 e. The Morgan fingerprint density at radius 1 is 1.37 bits per heavy atom. The summed E-state index contributed by atoms with van der Waals surface area (Å²) >= 11 is 0. The molecule has 2 aromatic rings. The number of aromatic nitrogens is 2. The normalized spacial score (nSPS) is 21.3. The molecule has 1 aromatic carbocycles. The van der Waals surface area contributed by atoms with Crippen LogP contribution in [0.5, 0.6) is 0 Å². The van der Waals surface area contributed by atoms with Gasteiger partial charge in [-0.3, -0.25) is 9.59 Å². The second-order valence-electron chi connectivity index (χ2n) is 7.69. The molecule has 2 amide bonds. The van der Waals surface area contributed by atoms with Crippen molar-refractivity contribution in [2.24, 2.45) is 13.0 Å². The summed E-state index contributed by atoms with van der Waals surface area (Å²) < 4.78 is 1.68. The number of carbonyl (C=O) groups is 3. The molecule has 0 radical (unpaired) electrons. The maximum atomic E-state index is 12.4. The number of amides is 2. The molecule has 2 aliphatic heterocycles. The standard InChI is InChI=1S/C21H22N4O5/c1-11(26)17-16-7-14(18(21(29)30)25(16)20(17)28)13-5-3-4-12(6-13)8-22-19(27)15-9-24(2)10-23-15/h3-6,9-11,16-17,26H,7-8H2,1-2H3,(H,22,27)(H,29,30)/t11-,16-,17-/m1/s1. The monoisotopic (exact) mass is 410 g/mol. The van der Waals surface area contributed by atoms with E-state index in [0.717, 1.165) is 5.56 Å². The molecule has 3 N–H and O–H groups in total. The van der Waals surface area contributed by atoms with E-state index in [4.69, 9.17) is 0 Å². The number of nitrogens with zero attached hydrogens (tertiary/aromatic N) is 3. The average molecular weight is 410 g/mol. The zero-order chi connectivity index (χ0) is 21.6. The number of aliphatic hydroxyl groups is 1. The van der Waals surface area contributed by atoms with Gasteiger partial charge in [-0.05, 0) is 36.1 Å². The Morgan fingerprint density at radius 3 is 2.77 bits per heavy atom. The number of carboxylic acids is 1. The number of carbonyl (C=O) groups excluding carboxylic acids is 2. The summed E-state index contributed by atoms with van der Waals surface area (Å²) in [6, 6.07) is 6.87. The molecular formula is C21H22N4O5. The summed E-state index contributed by atoms with van der Waals surface area (Å²) in [5, 5.41) is 22.4. The molecule has 0 unspecified atom stereocenters. The lowest BCUT2D eigenvalue weighted by Gasteiger charge is -2.44. The van der Waals surface area contributed by atoms with Gasteiger partial charge in [0.15, 0.2) is 0 Å². The Balaban J connectivity index is 1.55. The zero-order valence-electron chi connectivity index (χ0n) is 16.6. The predicted octanol–water partition coefficient (Wildman–Crippen LogP) is 0.757. The van der Waals surface area contributed by atoms with Crippen LogP contribution in [0.25, 0.3) is 5.57 Å². The van der Waals surface area contributed by atoms with Crippen LogP contribution in [0.4, 0.5) is 0 Å². The number of nitrogens with one attached hydrogen (secondary N) is 1. The third-order valence-electron chi connectivity index (χ3n) is 5.60. The first-order valence-corrected chi connectivity index (χ1v) is 9.61. The summed E-state index contributed by atoms with van der Waals surface area (Å²) in [7, 11) is 1.78. The van der Waals surface area contributed by atoms with E-state index >= 15 is 0 Å². The second kappa shape index (κ2) is 7.42.